The molecule has 2 atom stereocenters. The topological polar surface area (TPSA) is 30.5 Å². The third kappa shape index (κ3) is 4.40. The molecule has 1 saturated heterocycles. The molecule has 14 heavy (non-hydrogen) atoms. The fourth-order valence-corrected chi connectivity index (χ4v) is 1.81. The fraction of sp³-hybridized carbons (Fsp3) is 1.00. The summed E-state index contributed by atoms with van der Waals surface area (Å²) in [7, 11) is 2.01. The number of hydrogen-bond acceptors (Lipinski definition) is 3. The number of hydrogen-bond donors (Lipinski definition) is 1. The van der Waals surface area contributed by atoms with Crippen molar-refractivity contribution in [3.8, 4) is 0 Å². The normalized spacial score (nSPS) is 24.0. The van der Waals surface area contributed by atoms with Crippen LogP contribution in [0.2, 0.25) is 0 Å². The van der Waals surface area contributed by atoms with Crippen LogP contribution >= 0.6 is 0 Å². The molecule has 84 valence electrons. The van der Waals surface area contributed by atoms with Crippen molar-refractivity contribution in [3.05, 3.63) is 0 Å². The Hall–Kier alpha value is -0.120. The van der Waals surface area contributed by atoms with Crippen LogP contribution in [0, 0.1) is 5.92 Å². The van der Waals surface area contributed by atoms with Crippen LogP contribution in [0.25, 0.3) is 0 Å². The van der Waals surface area contributed by atoms with E-state index in [4.69, 9.17) is 9.47 Å². The van der Waals surface area contributed by atoms with Gasteiger partial charge in [-0.3, -0.25) is 0 Å². The summed E-state index contributed by atoms with van der Waals surface area (Å²) in [5.41, 5.74) is 0. The third-order valence-corrected chi connectivity index (χ3v) is 2.72. The Kier molecular flexibility index (Phi) is 6.15. The van der Waals surface area contributed by atoms with E-state index in [9.17, 15) is 0 Å². The molecule has 0 aromatic heterocycles. The lowest BCUT2D eigenvalue weighted by atomic mass is 10.00. The van der Waals surface area contributed by atoms with E-state index in [1.807, 2.05) is 7.05 Å². The smallest absolute Gasteiger partial charge is 0.0619 e. The summed E-state index contributed by atoms with van der Waals surface area (Å²) in [6.45, 7) is 5.72. The highest BCUT2D eigenvalue weighted by atomic mass is 16.5. The van der Waals surface area contributed by atoms with Gasteiger partial charge in [-0.15, -0.1) is 0 Å². The van der Waals surface area contributed by atoms with Gasteiger partial charge in [0.15, 0.2) is 0 Å². The van der Waals surface area contributed by atoms with Gasteiger partial charge in [-0.05, 0) is 32.2 Å². The van der Waals surface area contributed by atoms with Crippen molar-refractivity contribution >= 4 is 0 Å². The van der Waals surface area contributed by atoms with E-state index in [1.165, 1.54) is 12.8 Å². The minimum absolute atomic E-state index is 0.494. The largest absolute Gasteiger partial charge is 0.381 e. The molecule has 0 bridgehead atoms. The molecule has 0 aliphatic carbocycles. The Morgan fingerprint density at radius 3 is 3.00 bits per heavy atom. The van der Waals surface area contributed by atoms with Gasteiger partial charge < -0.3 is 14.8 Å². The van der Waals surface area contributed by atoms with E-state index >= 15 is 0 Å². The van der Waals surface area contributed by atoms with E-state index < -0.39 is 0 Å². The molecule has 1 heterocycles. The van der Waals surface area contributed by atoms with Gasteiger partial charge in [-0.2, -0.15) is 0 Å². The van der Waals surface area contributed by atoms with Crippen molar-refractivity contribution in [1.82, 2.24) is 5.32 Å². The monoisotopic (exact) mass is 201 g/mol. The summed E-state index contributed by atoms with van der Waals surface area (Å²) in [5.74, 6) is 0.734. The van der Waals surface area contributed by atoms with Crippen LogP contribution in [-0.4, -0.2) is 39.5 Å². The van der Waals surface area contributed by atoms with Crippen LogP contribution in [0.3, 0.4) is 0 Å². The number of nitrogens with one attached hydrogen (secondary N) is 1. The number of likely N-dealkylation sites (N-methyl/N-ethyl adjacent to an activating group) is 1. The maximum Gasteiger partial charge on any atom is 0.0619 e. The quantitative estimate of drug-likeness (QED) is 0.632. The zero-order valence-corrected chi connectivity index (χ0v) is 9.42. The summed E-state index contributed by atoms with van der Waals surface area (Å²) in [6.07, 6.45) is 3.50. The first-order valence-corrected chi connectivity index (χ1v) is 5.69. The van der Waals surface area contributed by atoms with Gasteiger partial charge in [-0.25, -0.2) is 0 Å². The van der Waals surface area contributed by atoms with Gasteiger partial charge in [0.1, 0.15) is 0 Å². The second-order valence-corrected chi connectivity index (χ2v) is 4.03. The van der Waals surface area contributed by atoms with Crippen molar-refractivity contribution < 1.29 is 9.47 Å². The molecule has 0 radical (unpaired) electrons. The van der Waals surface area contributed by atoms with Crippen molar-refractivity contribution in [2.75, 3.05) is 33.5 Å². The van der Waals surface area contributed by atoms with Crippen LogP contribution < -0.4 is 5.32 Å². The second kappa shape index (κ2) is 7.21. The Balaban J connectivity index is 2.10. The van der Waals surface area contributed by atoms with Gasteiger partial charge in [0, 0.05) is 25.9 Å². The molecule has 0 aromatic carbocycles. The molecule has 1 N–H and O–H groups in total. The predicted octanol–water partition coefficient (Wildman–Crippen LogP) is 1.43. The molecule has 2 unspecified atom stereocenters. The van der Waals surface area contributed by atoms with E-state index in [2.05, 4.69) is 12.2 Å². The molecule has 1 aliphatic heterocycles. The summed E-state index contributed by atoms with van der Waals surface area (Å²) in [6, 6.07) is 0.494. The molecule has 0 aromatic rings. The van der Waals surface area contributed by atoms with Gasteiger partial charge in [0.05, 0.1) is 6.61 Å². The summed E-state index contributed by atoms with van der Waals surface area (Å²) in [4.78, 5) is 0. The summed E-state index contributed by atoms with van der Waals surface area (Å²) < 4.78 is 10.9. The third-order valence-electron chi connectivity index (χ3n) is 2.72. The van der Waals surface area contributed by atoms with E-state index in [1.54, 1.807) is 0 Å². The van der Waals surface area contributed by atoms with E-state index in [-0.39, 0.29) is 0 Å². The summed E-state index contributed by atoms with van der Waals surface area (Å²) in [5, 5.41) is 3.31. The lowest BCUT2D eigenvalue weighted by molar-refractivity contribution is 0.104. The Morgan fingerprint density at radius 1 is 1.57 bits per heavy atom. The molecular weight excluding hydrogens is 178 g/mol. The highest BCUT2D eigenvalue weighted by Gasteiger charge is 2.19. The molecule has 1 fully saturated rings. The van der Waals surface area contributed by atoms with Crippen molar-refractivity contribution in [2.24, 2.45) is 5.92 Å². The average molecular weight is 201 g/mol. The molecule has 3 heteroatoms. The molecule has 0 spiro atoms. The predicted molar refractivity (Wildman–Crippen MR) is 57.5 cm³/mol. The minimum Gasteiger partial charge on any atom is -0.381 e. The first-order valence-electron chi connectivity index (χ1n) is 5.69. The van der Waals surface area contributed by atoms with Crippen molar-refractivity contribution in [2.45, 2.75) is 32.2 Å². The molecule has 0 saturated carbocycles. The zero-order valence-electron chi connectivity index (χ0n) is 9.42. The van der Waals surface area contributed by atoms with E-state index in [0.29, 0.717) is 6.04 Å². The highest BCUT2D eigenvalue weighted by molar-refractivity contribution is 4.73. The molecule has 1 aliphatic rings. The van der Waals surface area contributed by atoms with Crippen LogP contribution in [0.4, 0.5) is 0 Å². The van der Waals surface area contributed by atoms with Gasteiger partial charge in [0.25, 0.3) is 0 Å². The van der Waals surface area contributed by atoms with Gasteiger partial charge in [0.2, 0.25) is 0 Å². The van der Waals surface area contributed by atoms with E-state index in [0.717, 1.165) is 38.8 Å². The standard InChI is InChI=1S/C11H23NO2/c1-3-5-13-9-11(12-2)7-10-4-6-14-8-10/h10-12H,3-9H2,1-2H3. The van der Waals surface area contributed by atoms with Crippen LogP contribution in [0.15, 0.2) is 0 Å². The zero-order chi connectivity index (χ0) is 10.2. The molecule has 1 rings (SSSR count). The van der Waals surface area contributed by atoms with Crippen LogP contribution in [0.1, 0.15) is 26.2 Å². The van der Waals surface area contributed by atoms with Gasteiger partial charge in [-0.1, -0.05) is 6.92 Å². The Morgan fingerprint density at radius 2 is 2.43 bits per heavy atom. The lowest BCUT2D eigenvalue weighted by Gasteiger charge is -2.19. The maximum absolute atomic E-state index is 5.54. The minimum atomic E-state index is 0.494. The van der Waals surface area contributed by atoms with Gasteiger partial charge >= 0.3 is 0 Å². The first kappa shape index (κ1) is 12.0. The molecular formula is C11H23NO2. The number of ether oxygens (including phenoxy) is 2. The number of rotatable bonds is 7. The Bertz CT molecular complexity index is 135. The van der Waals surface area contributed by atoms with Crippen LogP contribution in [0.5, 0.6) is 0 Å². The average Bonchev–Trinajstić information content (AvgIpc) is 2.69. The van der Waals surface area contributed by atoms with Crippen LogP contribution in [-0.2, 0) is 9.47 Å². The van der Waals surface area contributed by atoms with Crippen molar-refractivity contribution in [3.63, 3.8) is 0 Å². The Labute approximate surface area is 87.2 Å². The second-order valence-electron chi connectivity index (χ2n) is 4.03. The first-order chi connectivity index (χ1) is 6.86. The highest BCUT2D eigenvalue weighted by Crippen LogP contribution is 2.18. The lowest BCUT2D eigenvalue weighted by Crippen LogP contribution is -2.32. The molecule has 3 nitrogen and oxygen atoms in total. The van der Waals surface area contributed by atoms with Crippen molar-refractivity contribution in [1.29, 1.82) is 0 Å². The maximum atomic E-state index is 5.54. The molecule has 0 amide bonds. The fourth-order valence-electron chi connectivity index (χ4n) is 1.81. The SMILES string of the molecule is CCCOCC(CC1CCOC1)NC. The summed E-state index contributed by atoms with van der Waals surface area (Å²) >= 11 is 0.